The van der Waals surface area contributed by atoms with Gasteiger partial charge < -0.3 is 9.80 Å². The summed E-state index contributed by atoms with van der Waals surface area (Å²) in [5.41, 5.74) is 22.7. The van der Waals surface area contributed by atoms with Crippen molar-refractivity contribution in [3.63, 3.8) is 0 Å². The number of para-hydroxylation sites is 2. The van der Waals surface area contributed by atoms with Crippen LogP contribution in [-0.2, 0) is 10.8 Å². The molecule has 0 amide bonds. The quantitative estimate of drug-likeness (QED) is 0.0791. The SMILES string of the molecule is CC(C)(C)c1ccccc1-c1ccc2c(c1)B1c3cc(-c4ccccc4C(C)(C)C)ccc3N(c3ccccc3-c3cccc([Si](c4ccccc4)(c4ccccc4)c4ccccc4)c3)c3cccc(c31)N2c1ccccc1-c1cccc([Si](c2ccccc2)(c2ccccc2)c2ccccc2)c1. The molecule has 0 saturated carbocycles. The van der Waals surface area contributed by atoms with Crippen LogP contribution in [0.2, 0.25) is 0 Å². The van der Waals surface area contributed by atoms with Gasteiger partial charge in [0, 0.05) is 33.9 Å². The third kappa shape index (κ3) is 11.1. The molecule has 2 aliphatic heterocycles. The van der Waals surface area contributed by atoms with Gasteiger partial charge in [-0.15, -0.1) is 0 Å². The third-order valence-electron chi connectivity index (χ3n) is 21.8. The zero-order valence-electron chi connectivity index (χ0n) is 59.3. The number of fused-ring (bicyclic) bond motifs is 4. The average molecular weight is 1350 g/mol. The van der Waals surface area contributed by atoms with E-state index in [4.69, 9.17) is 0 Å². The molecule has 0 aliphatic carbocycles. The summed E-state index contributed by atoms with van der Waals surface area (Å²) < 4.78 is 0. The summed E-state index contributed by atoms with van der Waals surface area (Å²) in [4.78, 5) is 5.25. The van der Waals surface area contributed by atoms with Crippen molar-refractivity contribution in [3.05, 3.63) is 393 Å². The van der Waals surface area contributed by atoms with Gasteiger partial charge in [0.05, 0.1) is 11.4 Å². The number of rotatable bonds is 14. The maximum absolute atomic E-state index is 2.93. The van der Waals surface area contributed by atoms with Gasteiger partial charge in [-0.3, -0.25) is 0 Å². The summed E-state index contributed by atoms with van der Waals surface area (Å²) >= 11 is 0. The standard InChI is InChI=1S/C98H81BN2Si2/c1-97(2,3)86-56-29-25-52-82(86)72-62-64-92-88(68-72)99-89-69-73(83-53-26-30-57-87(83)98(4,5)6)63-65-93(89)101(91-59-32-28-55-85(91)71-37-34-51-81(67-71)103(77-44-19-10-20-45-77,78-46-21-11-22-47-78)79-48-23-12-24-49-79)95-61-35-60-94(96(95)99)100(92)90-58-31-27-54-84(90)70-36-33-50-80(66-70)102(74-38-13-7-14-39-74,75-40-15-8-16-41-75)76-42-17-9-18-43-76/h7-69H,1-6H3. The first kappa shape index (κ1) is 64.8. The molecule has 15 aromatic rings. The Morgan fingerprint density at radius 1 is 0.214 bits per heavy atom. The van der Waals surface area contributed by atoms with E-state index in [0.29, 0.717) is 0 Å². The van der Waals surface area contributed by atoms with E-state index in [1.165, 1.54) is 102 Å². The molecule has 0 radical (unpaired) electrons. The van der Waals surface area contributed by atoms with Gasteiger partial charge in [-0.1, -0.05) is 387 Å². The number of hydrogen-bond acceptors (Lipinski definition) is 2. The van der Waals surface area contributed by atoms with Crippen molar-refractivity contribution in [2.45, 2.75) is 52.4 Å². The summed E-state index contributed by atoms with van der Waals surface area (Å²) in [6.07, 6.45) is 0. The Balaban J connectivity index is 0.926. The monoisotopic (exact) mass is 1350 g/mol. The molecule has 0 aromatic heterocycles. The first-order chi connectivity index (χ1) is 50.4. The zero-order valence-corrected chi connectivity index (χ0v) is 61.3. The van der Waals surface area contributed by atoms with Crippen LogP contribution in [0.3, 0.4) is 0 Å². The lowest BCUT2D eigenvalue weighted by Gasteiger charge is -2.45. The Bertz CT molecular complexity index is 5070. The Labute approximate surface area is 610 Å². The van der Waals surface area contributed by atoms with Crippen LogP contribution in [0.5, 0.6) is 0 Å². The number of benzene rings is 15. The second-order valence-electron chi connectivity index (χ2n) is 29.8. The molecule has 2 aliphatic rings. The van der Waals surface area contributed by atoms with Gasteiger partial charge in [-0.25, -0.2) is 0 Å². The molecule has 0 N–H and O–H groups in total. The van der Waals surface area contributed by atoms with Crippen molar-refractivity contribution >= 4 is 115 Å². The molecule has 0 unspecified atom stereocenters. The lowest BCUT2D eigenvalue weighted by atomic mass is 9.33. The largest absolute Gasteiger partial charge is 0.311 e. The average Bonchev–Trinajstić information content (AvgIpc) is 0.697. The van der Waals surface area contributed by atoms with E-state index in [2.05, 4.69) is 434 Å². The van der Waals surface area contributed by atoms with Crippen LogP contribution in [0.25, 0.3) is 44.5 Å². The number of anilines is 6. The molecule has 0 bridgehead atoms. The molecule has 5 heteroatoms. The zero-order chi connectivity index (χ0) is 69.9. The first-order valence-electron chi connectivity index (χ1n) is 36.3. The second-order valence-corrected chi connectivity index (χ2v) is 37.5. The molecular formula is C98H81BN2Si2. The lowest BCUT2D eigenvalue weighted by Crippen LogP contribution is -2.74. The molecule has 17 rings (SSSR count). The first-order valence-corrected chi connectivity index (χ1v) is 40.3. The van der Waals surface area contributed by atoms with Crippen LogP contribution in [0, 0.1) is 0 Å². The normalized spacial score (nSPS) is 12.7. The summed E-state index contributed by atoms with van der Waals surface area (Å²) in [5, 5.41) is 10.7. The van der Waals surface area contributed by atoms with Crippen LogP contribution in [0.1, 0.15) is 52.7 Å². The molecule has 494 valence electrons. The van der Waals surface area contributed by atoms with Crippen molar-refractivity contribution < 1.29 is 0 Å². The van der Waals surface area contributed by atoms with Gasteiger partial charge in [0.15, 0.2) is 16.1 Å². The predicted octanol–water partition coefficient (Wildman–Crippen LogP) is 17.8. The Hall–Kier alpha value is -11.6. The van der Waals surface area contributed by atoms with Crippen molar-refractivity contribution in [3.8, 4) is 44.5 Å². The van der Waals surface area contributed by atoms with E-state index in [9.17, 15) is 0 Å². The fourth-order valence-corrected chi connectivity index (χ4v) is 27.0. The van der Waals surface area contributed by atoms with Gasteiger partial charge in [0.2, 0.25) is 0 Å². The van der Waals surface area contributed by atoms with Crippen LogP contribution < -0.4 is 67.7 Å². The highest BCUT2D eigenvalue weighted by Crippen LogP contribution is 2.49. The van der Waals surface area contributed by atoms with Gasteiger partial charge in [-0.2, -0.15) is 0 Å². The van der Waals surface area contributed by atoms with E-state index < -0.39 is 16.1 Å². The molecular weight excluding hydrogens is 1270 g/mol. The number of hydrogen-bond donors (Lipinski definition) is 0. The third-order valence-corrected chi connectivity index (χ3v) is 31.4. The highest BCUT2D eigenvalue weighted by atomic mass is 28.3. The Kier molecular flexibility index (Phi) is 16.6. The number of nitrogens with zero attached hydrogens (tertiary/aromatic N) is 2. The second kappa shape index (κ2) is 26.4. The minimum Gasteiger partial charge on any atom is -0.311 e. The fourth-order valence-electron chi connectivity index (χ4n) is 17.4. The van der Waals surface area contributed by atoms with Crippen molar-refractivity contribution in [2.24, 2.45) is 0 Å². The van der Waals surface area contributed by atoms with E-state index in [0.717, 1.165) is 45.3 Å². The van der Waals surface area contributed by atoms with Crippen LogP contribution in [0.4, 0.5) is 34.1 Å². The fraction of sp³-hybridized carbons (Fsp3) is 0.0816. The summed E-state index contributed by atoms with van der Waals surface area (Å²) in [6.45, 7) is 13.9. The van der Waals surface area contributed by atoms with Crippen LogP contribution in [0.15, 0.2) is 382 Å². The Morgan fingerprint density at radius 2 is 0.476 bits per heavy atom. The van der Waals surface area contributed by atoms with Crippen molar-refractivity contribution in [1.29, 1.82) is 0 Å². The predicted molar refractivity (Wildman–Crippen MR) is 447 cm³/mol. The van der Waals surface area contributed by atoms with E-state index in [1.54, 1.807) is 0 Å². The van der Waals surface area contributed by atoms with Crippen molar-refractivity contribution in [1.82, 2.24) is 0 Å². The molecule has 0 atom stereocenters. The van der Waals surface area contributed by atoms with Crippen molar-refractivity contribution in [2.75, 3.05) is 9.80 Å². The maximum atomic E-state index is 2.63. The van der Waals surface area contributed by atoms with E-state index >= 15 is 0 Å². The molecule has 0 fully saturated rings. The molecule has 0 spiro atoms. The maximum Gasteiger partial charge on any atom is 0.252 e. The van der Waals surface area contributed by atoms with E-state index in [1.807, 2.05) is 0 Å². The topological polar surface area (TPSA) is 6.48 Å². The van der Waals surface area contributed by atoms with Gasteiger partial charge in [0.1, 0.15) is 0 Å². The molecule has 2 nitrogen and oxygen atoms in total. The summed E-state index contributed by atoms with van der Waals surface area (Å²) in [7, 11) is -5.86. The Morgan fingerprint density at radius 3 is 0.806 bits per heavy atom. The summed E-state index contributed by atoms with van der Waals surface area (Å²) in [6, 6.07) is 146. The van der Waals surface area contributed by atoms with Crippen LogP contribution >= 0.6 is 0 Å². The molecule has 15 aromatic carbocycles. The molecule has 0 saturated heterocycles. The minimum absolute atomic E-state index is 0.109. The lowest BCUT2D eigenvalue weighted by molar-refractivity contribution is 0.591. The highest BCUT2D eigenvalue weighted by molar-refractivity contribution is 7.20. The smallest absolute Gasteiger partial charge is 0.252 e. The van der Waals surface area contributed by atoms with Gasteiger partial charge in [-0.05, 0) is 150 Å². The van der Waals surface area contributed by atoms with Gasteiger partial charge in [0.25, 0.3) is 6.71 Å². The molecule has 103 heavy (non-hydrogen) atoms. The van der Waals surface area contributed by atoms with Crippen LogP contribution in [-0.4, -0.2) is 22.9 Å². The summed E-state index contributed by atoms with van der Waals surface area (Å²) in [5.74, 6) is 0. The van der Waals surface area contributed by atoms with Gasteiger partial charge >= 0.3 is 0 Å². The minimum atomic E-state index is -2.93. The van der Waals surface area contributed by atoms with E-state index in [-0.39, 0.29) is 17.5 Å². The highest BCUT2D eigenvalue weighted by Gasteiger charge is 2.47. The molecule has 2 heterocycles.